The van der Waals surface area contributed by atoms with Crippen molar-refractivity contribution in [2.45, 2.75) is 31.5 Å². The lowest BCUT2D eigenvalue weighted by atomic mass is 10.1. The topological polar surface area (TPSA) is 70.1 Å². The van der Waals surface area contributed by atoms with E-state index < -0.39 is 18.6 Å². The van der Waals surface area contributed by atoms with E-state index in [2.05, 4.69) is 9.84 Å². The number of carbonyl (C=O) groups is 1. The number of halogens is 3. The summed E-state index contributed by atoms with van der Waals surface area (Å²) in [7, 11) is 1.09. The van der Waals surface area contributed by atoms with Crippen molar-refractivity contribution in [3.63, 3.8) is 0 Å². The molecule has 0 atom stereocenters. The highest BCUT2D eigenvalue weighted by molar-refractivity contribution is 5.90. The van der Waals surface area contributed by atoms with Gasteiger partial charge in [-0.2, -0.15) is 18.3 Å². The number of ether oxygens (including phenoxy) is 1. The maximum absolute atomic E-state index is 12.4. The quantitative estimate of drug-likeness (QED) is 0.842. The fraction of sp³-hybridized carbons (Fsp3) is 0.600. The highest BCUT2D eigenvalue weighted by Gasteiger charge is 2.37. The van der Waals surface area contributed by atoms with Crippen molar-refractivity contribution >= 4 is 11.8 Å². The van der Waals surface area contributed by atoms with Crippen molar-refractivity contribution < 1.29 is 22.7 Å². The highest BCUT2D eigenvalue weighted by atomic mass is 19.4. The molecule has 0 saturated heterocycles. The Labute approximate surface area is 101 Å². The fourth-order valence-corrected chi connectivity index (χ4v) is 1.71. The number of nitrogen functional groups attached to an aromatic ring is 1. The van der Waals surface area contributed by atoms with Crippen molar-refractivity contribution in [3.8, 4) is 0 Å². The summed E-state index contributed by atoms with van der Waals surface area (Å²) in [5.74, 6) is -1.00. The van der Waals surface area contributed by atoms with Crippen LogP contribution in [-0.4, -0.2) is 29.0 Å². The third-order valence-corrected chi connectivity index (χ3v) is 2.70. The van der Waals surface area contributed by atoms with Gasteiger partial charge in [0.2, 0.25) is 0 Å². The molecule has 8 heteroatoms. The molecule has 100 valence electrons. The number of nitrogens with two attached hydrogens (primary N) is 1. The summed E-state index contributed by atoms with van der Waals surface area (Å²) in [6, 6.07) is -0.00427. The van der Waals surface area contributed by atoms with Crippen LogP contribution in [0.15, 0.2) is 0 Å². The second-order valence-electron chi connectivity index (χ2n) is 4.17. The molecule has 0 spiro atoms. The van der Waals surface area contributed by atoms with E-state index in [1.165, 1.54) is 4.68 Å². The SMILES string of the molecule is COC(=O)c1nn(C2CC2)c(N)c1CC(F)(F)F. The highest BCUT2D eigenvalue weighted by Crippen LogP contribution is 2.39. The summed E-state index contributed by atoms with van der Waals surface area (Å²) in [6.07, 6.45) is -4.12. The van der Waals surface area contributed by atoms with E-state index in [0.29, 0.717) is 0 Å². The van der Waals surface area contributed by atoms with E-state index in [4.69, 9.17) is 5.73 Å². The molecule has 1 saturated carbocycles. The first-order valence-electron chi connectivity index (χ1n) is 5.35. The second-order valence-corrected chi connectivity index (χ2v) is 4.17. The molecule has 18 heavy (non-hydrogen) atoms. The average molecular weight is 263 g/mol. The summed E-state index contributed by atoms with van der Waals surface area (Å²) in [5, 5.41) is 3.84. The largest absolute Gasteiger partial charge is 0.464 e. The minimum absolute atomic E-state index is 0.00427. The predicted octanol–water partition coefficient (Wildman–Crippen LogP) is 1.69. The smallest absolute Gasteiger partial charge is 0.393 e. The average Bonchev–Trinajstić information content (AvgIpc) is 3.05. The van der Waals surface area contributed by atoms with Gasteiger partial charge in [-0.15, -0.1) is 0 Å². The van der Waals surface area contributed by atoms with Gasteiger partial charge in [-0.1, -0.05) is 0 Å². The summed E-state index contributed by atoms with van der Waals surface area (Å²) in [5.41, 5.74) is 4.99. The van der Waals surface area contributed by atoms with E-state index >= 15 is 0 Å². The normalized spacial score (nSPS) is 15.8. The maximum Gasteiger partial charge on any atom is 0.393 e. The number of methoxy groups -OCH3 is 1. The first-order chi connectivity index (χ1) is 8.33. The van der Waals surface area contributed by atoms with Crippen molar-refractivity contribution in [1.82, 2.24) is 9.78 Å². The van der Waals surface area contributed by atoms with Crippen LogP contribution in [0, 0.1) is 0 Å². The third kappa shape index (κ3) is 2.41. The molecule has 1 aromatic heterocycles. The Hall–Kier alpha value is -1.73. The second kappa shape index (κ2) is 4.18. The molecule has 1 aliphatic rings. The van der Waals surface area contributed by atoms with Crippen LogP contribution < -0.4 is 5.73 Å². The zero-order valence-corrected chi connectivity index (χ0v) is 9.62. The molecule has 1 fully saturated rings. The Bertz CT molecular complexity index is 477. The lowest BCUT2D eigenvalue weighted by Gasteiger charge is -2.07. The van der Waals surface area contributed by atoms with Crippen molar-refractivity contribution in [2.75, 3.05) is 12.8 Å². The van der Waals surface area contributed by atoms with Crippen LogP contribution in [-0.2, 0) is 11.2 Å². The number of hydrogen-bond acceptors (Lipinski definition) is 4. The Morgan fingerprint density at radius 1 is 1.56 bits per heavy atom. The van der Waals surface area contributed by atoms with Crippen molar-refractivity contribution in [3.05, 3.63) is 11.3 Å². The van der Waals surface area contributed by atoms with E-state index in [0.717, 1.165) is 20.0 Å². The lowest BCUT2D eigenvalue weighted by Crippen LogP contribution is -2.16. The minimum atomic E-state index is -4.45. The van der Waals surface area contributed by atoms with Gasteiger partial charge in [0, 0.05) is 5.56 Å². The van der Waals surface area contributed by atoms with E-state index in [1.807, 2.05) is 0 Å². The number of anilines is 1. The number of alkyl halides is 3. The third-order valence-electron chi connectivity index (χ3n) is 2.70. The molecule has 0 bridgehead atoms. The van der Waals surface area contributed by atoms with Crippen molar-refractivity contribution in [2.24, 2.45) is 0 Å². The van der Waals surface area contributed by atoms with E-state index in [-0.39, 0.29) is 23.1 Å². The molecular formula is C10H12F3N3O2. The van der Waals surface area contributed by atoms with Gasteiger partial charge in [0.05, 0.1) is 19.6 Å². The van der Waals surface area contributed by atoms with Gasteiger partial charge in [0.1, 0.15) is 5.82 Å². The zero-order chi connectivity index (χ0) is 13.5. The van der Waals surface area contributed by atoms with Crippen LogP contribution in [0.2, 0.25) is 0 Å². The molecule has 0 aliphatic heterocycles. The number of aromatic nitrogens is 2. The molecule has 0 radical (unpaired) electrons. The molecule has 2 N–H and O–H groups in total. The fourth-order valence-electron chi connectivity index (χ4n) is 1.71. The van der Waals surface area contributed by atoms with Gasteiger partial charge < -0.3 is 10.5 Å². The summed E-state index contributed by atoms with van der Waals surface area (Å²) in [6.45, 7) is 0. The minimum Gasteiger partial charge on any atom is -0.464 e. The monoisotopic (exact) mass is 263 g/mol. The van der Waals surface area contributed by atoms with E-state index in [9.17, 15) is 18.0 Å². The molecule has 0 unspecified atom stereocenters. The van der Waals surface area contributed by atoms with Crippen LogP contribution >= 0.6 is 0 Å². The molecule has 1 heterocycles. The van der Waals surface area contributed by atoms with Gasteiger partial charge in [0.25, 0.3) is 0 Å². The van der Waals surface area contributed by atoms with Crippen LogP contribution in [0.3, 0.4) is 0 Å². The molecular weight excluding hydrogens is 251 g/mol. The van der Waals surface area contributed by atoms with Crippen LogP contribution in [0.4, 0.5) is 19.0 Å². The van der Waals surface area contributed by atoms with Crippen LogP contribution in [0.1, 0.15) is 34.9 Å². The number of hydrogen-bond donors (Lipinski definition) is 1. The first-order valence-corrected chi connectivity index (χ1v) is 5.35. The zero-order valence-electron chi connectivity index (χ0n) is 9.62. The Balaban J connectivity index is 2.42. The Kier molecular flexibility index (Phi) is 2.95. The molecule has 5 nitrogen and oxygen atoms in total. The van der Waals surface area contributed by atoms with Gasteiger partial charge >= 0.3 is 12.1 Å². The van der Waals surface area contributed by atoms with Crippen LogP contribution in [0.5, 0.6) is 0 Å². The number of carbonyl (C=O) groups excluding carboxylic acids is 1. The van der Waals surface area contributed by atoms with Gasteiger partial charge in [-0.25, -0.2) is 9.48 Å². The predicted molar refractivity (Wildman–Crippen MR) is 56.0 cm³/mol. The number of rotatable bonds is 3. The van der Waals surface area contributed by atoms with Gasteiger partial charge in [-0.3, -0.25) is 0 Å². The van der Waals surface area contributed by atoms with Gasteiger partial charge in [-0.05, 0) is 12.8 Å². The summed E-state index contributed by atoms with van der Waals surface area (Å²) < 4.78 is 43.1. The van der Waals surface area contributed by atoms with Crippen molar-refractivity contribution in [1.29, 1.82) is 0 Å². The number of esters is 1. The van der Waals surface area contributed by atoms with E-state index in [1.54, 1.807) is 0 Å². The summed E-state index contributed by atoms with van der Waals surface area (Å²) >= 11 is 0. The molecule has 0 amide bonds. The van der Waals surface area contributed by atoms with Crippen LogP contribution in [0.25, 0.3) is 0 Å². The molecule has 1 aliphatic carbocycles. The maximum atomic E-state index is 12.4. The standard InChI is InChI=1S/C10H12F3N3O2/c1-18-9(17)7-6(4-10(11,12)13)8(14)16(15-7)5-2-3-5/h5H,2-4,14H2,1H3. The van der Waals surface area contributed by atoms with Gasteiger partial charge in [0.15, 0.2) is 5.69 Å². The first kappa shape index (κ1) is 12.7. The number of nitrogens with zero attached hydrogens (tertiary/aromatic N) is 2. The lowest BCUT2D eigenvalue weighted by molar-refractivity contribution is -0.127. The molecule has 1 aromatic rings. The Morgan fingerprint density at radius 3 is 2.61 bits per heavy atom. The Morgan fingerprint density at radius 2 is 2.17 bits per heavy atom. The molecule has 2 rings (SSSR count). The summed E-state index contributed by atoms with van der Waals surface area (Å²) in [4.78, 5) is 11.4. The molecule has 0 aromatic carbocycles.